The van der Waals surface area contributed by atoms with Gasteiger partial charge in [0, 0.05) is 25.1 Å². The molecule has 1 aliphatic heterocycles. The van der Waals surface area contributed by atoms with E-state index in [0.29, 0.717) is 24.7 Å². The smallest absolute Gasteiger partial charge is 0.241 e. The molecule has 0 saturated heterocycles. The number of nitrogens with one attached hydrogen (secondary N) is 2. The molecule has 2 atom stereocenters. The number of hydrogen-bond donors (Lipinski definition) is 3. The Labute approximate surface area is 153 Å². The second kappa shape index (κ2) is 9.23. The van der Waals surface area contributed by atoms with Gasteiger partial charge in [-0.2, -0.15) is 4.72 Å². The maximum atomic E-state index is 12.5. The molecular weight excluding hydrogens is 370 g/mol. The molecule has 0 saturated carbocycles. The van der Waals surface area contributed by atoms with Crippen molar-refractivity contribution in [2.24, 2.45) is 5.73 Å². The standard InChI is InChI=1S/C15H23N3O5S.ClH/c1-10(9-16)17-15(19)11(2)18-24(20,21)12-4-5-13-14(8-12)23-7-3-6-22-13;/h4-5,8,10-11,18H,3,6-7,9,16H2,1-2H3,(H,17,19);1H/t10-,11?;/m0./s1. The number of hydrogen-bond acceptors (Lipinski definition) is 6. The summed E-state index contributed by atoms with van der Waals surface area (Å²) in [5.74, 6) is 0.448. The molecule has 1 unspecified atom stereocenters. The monoisotopic (exact) mass is 393 g/mol. The zero-order valence-corrected chi connectivity index (χ0v) is 15.8. The number of benzene rings is 1. The average molecular weight is 394 g/mol. The number of carbonyl (C=O) groups is 1. The van der Waals surface area contributed by atoms with E-state index < -0.39 is 22.0 Å². The number of nitrogens with two attached hydrogens (primary N) is 1. The van der Waals surface area contributed by atoms with Gasteiger partial charge in [0.15, 0.2) is 11.5 Å². The molecule has 25 heavy (non-hydrogen) atoms. The number of amides is 1. The Balaban J connectivity index is 0.00000312. The fourth-order valence-corrected chi connectivity index (χ4v) is 3.31. The summed E-state index contributed by atoms with van der Waals surface area (Å²) in [6, 6.07) is 3.21. The second-order valence-electron chi connectivity index (χ2n) is 5.65. The summed E-state index contributed by atoms with van der Waals surface area (Å²) in [6.07, 6.45) is 0.728. The third kappa shape index (κ3) is 5.74. The van der Waals surface area contributed by atoms with E-state index in [1.807, 2.05) is 0 Å². The van der Waals surface area contributed by atoms with Gasteiger partial charge in [0.2, 0.25) is 15.9 Å². The molecule has 0 aliphatic carbocycles. The first kappa shape index (κ1) is 21.5. The quantitative estimate of drug-likeness (QED) is 0.643. The van der Waals surface area contributed by atoms with Crippen LogP contribution in [-0.2, 0) is 14.8 Å². The van der Waals surface area contributed by atoms with Crippen molar-refractivity contribution in [3.05, 3.63) is 18.2 Å². The van der Waals surface area contributed by atoms with Crippen LogP contribution in [0.25, 0.3) is 0 Å². The predicted molar refractivity (Wildman–Crippen MR) is 95.7 cm³/mol. The van der Waals surface area contributed by atoms with E-state index in [2.05, 4.69) is 10.0 Å². The maximum absolute atomic E-state index is 12.5. The van der Waals surface area contributed by atoms with Crippen molar-refractivity contribution < 1.29 is 22.7 Å². The van der Waals surface area contributed by atoms with Crippen LogP contribution < -0.4 is 25.2 Å². The average Bonchev–Trinajstić information content (AvgIpc) is 2.78. The molecule has 142 valence electrons. The fourth-order valence-electron chi connectivity index (χ4n) is 2.09. The second-order valence-corrected chi connectivity index (χ2v) is 7.36. The molecule has 0 fully saturated rings. The molecule has 0 radical (unpaired) electrons. The lowest BCUT2D eigenvalue weighted by Crippen LogP contribution is -2.48. The Morgan fingerprint density at radius 3 is 2.52 bits per heavy atom. The van der Waals surface area contributed by atoms with Crippen LogP contribution in [0.4, 0.5) is 0 Å². The van der Waals surface area contributed by atoms with Crippen LogP contribution in [0.3, 0.4) is 0 Å². The Morgan fingerprint density at radius 2 is 1.88 bits per heavy atom. The third-order valence-electron chi connectivity index (χ3n) is 3.50. The van der Waals surface area contributed by atoms with Crippen molar-refractivity contribution in [1.82, 2.24) is 10.0 Å². The molecule has 1 amide bonds. The van der Waals surface area contributed by atoms with Crippen LogP contribution in [0, 0.1) is 0 Å². The van der Waals surface area contributed by atoms with Crippen molar-refractivity contribution >= 4 is 28.3 Å². The van der Waals surface area contributed by atoms with Gasteiger partial charge in [-0.3, -0.25) is 4.79 Å². The van der Waals surface area contributed by atoms with Gasteiger partial charge >= 0.3 is 0 Å². The van der Waals surface area contributed by atoms with E-state index >= 15 is 0 Å². The van der Waals surface area contributed by atoms with Crippen molar-refractivity contribution in [3.8, 4) is 11.5 Å². The minimum absolute atomic E-state index is 0. The van der Waals surface area contributed by atoms with Crippen LogP contribution in [-0.4, -0.2) is 46.2 Å². The Hall–Kier alpha value is -1.55. The first-order chi connectivity index (χ1) is 11.3. The molecule has 0 bridgehead atoms. The van der Waals surface area contributed by atoms with Gasteiger partial charge in [-0.05, 0) is 26.0 Å². The van der Waals surface area contributed by atoms with E-state index in [1.54, 1.807) is 13.0 Å². The molecule has 8 nitrogen and oxygen atoms in total. The summed E-state index contributed by atoms with van der Waals surface area (Å²) in [6.45, 7) is 4.46. The first-order valence-corrected chi connectivity index (χ1v) is 9.24. The summed E-state index contributed by atoms with van der Waals surface area (Å²) >= 11 is 0. The van der Waals surface area contributed by atoms with Crippen LogP contribution in [0.2, 0.25) is 0 Å². The van der Waals surface area contributed by atoms with Crippen LogP contribution in [0.1, 0.15) is 20.3 Å². The zero-order chi connectivity index (χ0) is 17.7. The number of carbonyl (C=O) groups excluding carboxylic acids is 1. The largest absolute Gasteiger partial charge is 0.490 e. The molecule has 0 aromatic heterocycles. The Morgan fingerprint density at radius 1 is 1.24 bits per heavy atom. The summed E-state index contributed by atoms with van der Waals surface area (Å²) in [7, 11) is -3.87. The first-order valence-electron chi connectivity index (χ1n) is 7.76. The Kier molecular flexibility index (Phi) is 7.94. The highest BCUT2D eigenvalue weighted by Gasteiger charge is 2.24. The molecule has 0 spiro atoms. The number of rotatable bonds is 6. The fraction of sp³-hybridized carbons (Fsp3) is 0.533. The highest BCUT2D eigenvalue weighted by atomic mass is 35.5. The van der Waals surface area contributed by atoms with Gasteiger partial charge in [0.05, 0.1) is 24.2 Å². The molecule has 1 aromatic carbocycles. The SMILES string of the molecule is CC(NS(=O)(=O)c1ccc2c(c1)OCCCO2)C(=O)N[C@@H](C)CN.Cl. The van der Waals surface area contributed by atoms with Gasteiger partial charge < -0.3 is 20.5 Å². The summed E-state index contributed by atoms with van der Waals surface area (Å²) in [5.41, 5.74) is 5.44. The molecule has 1 aliphatic rings. The molecule has 10 heteroatoms. The summed E-state index contributed by atoms with van der Waals surface area (Å²) in [4.78, 5) is 12.0. The van der Waals surface area contributed by atoms with E-state index in [1.165, 1.54) is 19.1 Å². The zero-order valence-electron chi connectivity index (χ0n) is 14.2. The van der Waals surface area contributed by atoms with Gasteiger partial charge in [-0.1, -0.05) is 0 Å². The van der Waals surface area contributed by atoms with Crippen molar-refractivity contribution in [2.75, 3.05) is 19.8 Å². The molecular formula is C15H24ClN3O5S. The molecule has 1 aromatic rings. The lowest BCUT2D eigenvalue weighted by molar-refractivity contribution is -0.122. The van der Waals surface area contributed by atoms with E-state index in [-0.39, 0.29) is 29.9 Å². The van der Waals surface area contributed by atoms with Gasteiger partial charge in [0.1, 0.15) is 0 Å². The number of halogens is 1. The van der Waals surface area contributed by atoms with Crippen molar-refractivity contribution in [1.29, 1.82) is 0 Å². The highest BCUT2D eigenvalue weighted by Crippen LogP contribution is 2.31. The molecule has 1 heterocycles. The Bertz CT molecular complexity index is 698. The third-order valence-corrected chi connectivity index (χ3v) is 5.04. The summed E-state index contributed by atoms with van der Waals surface area (Å²) in [5, 5.41) is 2.63. The maximum Gasteiger partial charge on any atom is 0.241 e. The number of fused-ring (bicyclic) bond motifs is 1. The van der Waals surface area contributed by atoms with Crippen LogP contribution in [0.5, 0.6) is 11.5 Å². The van der Waals surface area contributed by atoms with Gasteiger partial charge in [-0.25, -0.2) is 8.42 Å². The topological polar surface area (TPSA) is 120 Å². The van der Waals surface area contributed by atoms with Crippen LogP contribution in [0.15, 0.2) is 23.1 Å². The molecule has 2 rings (SSSR count). The summed E-state index contributed by atoms with van der Waals surface area (Å²) < 4.78 is 38.2. The minimum Gasteiger partial charge on any atom is -0.490 e. The van der Waals surface area contributed by atoms with E-state index in [0.717, 1.165) is 6.42 Å². The predicted octanol–water partition coefficient (Wildman–Crippen LogP) is 0.400. The number of ether oxygens (including phenoxy) is 2. The number of sulfonamides is 1. The van der Waals surface area contributed by atoms with Crippen LogP contribution >= 0.6 is 12.4 Å². The normalized spacial score (nSPS) is 16.1. The van der Waals surface area contributed by atoms with Crippen molar-refractivity contribution in [3.63, 3.8) is 0 Å². The molecule has 4 N–H and O–H groups in total. The lowest BCUT2D eigenvalue weighted by atomic mass is 10.3. The lowest BCUT2D eigenvalue weighted by Gasteiger charge is -2.18. The minimum atomic E-state index is -3.87. The highest BCUT2D eigenvalue weighted by molar-refractivity contribution is 7.89. The van der Waals surface area contributed by atoms with E-state index in [4.69, 9.17) is 15.2 Å². The van der Waals surface area contributed by atoms with Gasteiger partial charge in [0.25, 0.3) is 0 Å². The van der Waals surface area contributed by atoms with Gasteiger partial charge in [-0.15, -0.1) is 12.4 Å². The van der Waals surface area contributed by atoms with Crippen molar-refractivity contribution in [2.45, 2.75) is 37.2 Å². The van der Waals surface area contributed by atoms with E-state index in [9.17, 15) is 13.2 Å².